The molecule has 1 aromatic carbocycles. The van der Waals surface area contributed by atoms with Gasteiger partial charge in [-0.1, -0.05) is 11.6 Å². The molecular formula is C24H27ClFN7O2. The molecule has 2 aromatic heterocycles. The van der Waals surface area contributed by atoms with Crippen LogP contribution in [0.3, 0.4) is 0 Å². The molecular weight excluding hydrogens is 473 g/mol. The van der Waals surface area contributed by atoms with Crippen LogP contribution in [-0.2, 0) is 4.74 Å². The summed E-state index contributed by atoms with van der Waals surface area (Å²) < 4.78 is 27.1. The lowest BCUT2D eigenvalue weighted by atomic mass is 9.92. The number of rotatable bonds is 6. The maximum atomic E-state index is 13.9. The van der Waals surface area contributed by atoms with Crippen molar-refractivity contribution < 1.29 is 13.9 Å². The van der Waals surface area contributed by atoms with Crippen molar-refractivity contribution in [1.29, 1.82) is 0 Å². The van der Waals surface area contributed by atoms with Gasteiger partial charge >= 0.3 is 6.01 Å². The van der Waals surface area contributed by atoms with Crippen molar-refractivity contribution in [3.8, 4) is 11.8 Å². The predicted molar refractivity (Wildman–Crippen MR) is 129 cm³/mol. The smallest absolute Gasteiger partial charge is 0.322 e. The van der Waals surface area contributed by atoms with Gasteiger partial charge in [0.05, 0.1) is 12.6 Å². The van der Waals surface area contributed by atoms with Crippen molar-refractivity contribution in [2.24, 2.45) is 11.8 Å². The first kappa shape index (κ1) is 22.5. The summed E-state index contributed by atoms with van der Waals surface area (Å²) in [6, 6.07) is 6.70. The fourth-order valence-electron chi connectivity index (χ4n) is 5.49. The van der Waals surface area contributed by atoms with E-state index in [0.29, 0.717) is 37.0 Å². The van der Waals surface area contributed by atoms with Crippen LogP contribution in [0.1, 0.15) is 31.0 Å². The minimum atomic E-state index is -0.469. The second kappa shape index (κ2) is 9.23. The third kappa shape index (κ3) is 4.64. The fourth-order valence-corrected chi connectivity index (χ4v) is 5.70. The number of ether oxygens (including phenoxy) is 2. The highest BCUT2D eigenvalue weighted by molar-refractivity contribution is 6.30. The van der Waals surface area contributed by atoms with E-state index < -0.39 is 5.82 Å². The van der Waals surface area contributed by atoms with E-state index in [1.54, 1.807) is 17.1 Å². The lowest BCUT2D eigenvalue weighted by Crippen LogP contribution is -2.48. The first-order chi connectivity index (χ1) is 17.0. The van der Waals surface area contributed by atoms with Crippen LogP contribution in [0.2, 0.25) is 5.02 Å². The number of piperidine rings is 1. The summed E-state index contributed by atoms with van der Waals surface area (Å²) in [5.74, 6) is 2.23. The van der Waals surface area contributed by atoms with Gasteiger partial charge in [-0.25, -0.2) is 19.0 Å². The minimum absolute atomic E-state index is 0.0108. The molecule has 2 unspecified atom stereocenters. The van der Waals surface area contributed by atoms with Gasteiger partial charge < -0.3 is 19.7 Å². The lowest BCUT2D eigenvalue weighted by Gasteiger charge is -2.38. The number of nitrogens with zero attached hydrogens (tertiary/aromatic N) is 6. The Morgan fingerprint density at radius 3 is 2.66 bits per heavy atom. The van der Waals surface area contributed by atoms with Crippen LogP contribution in [0.25, 0.3) is 0 Å². The summed E-state index contributed by atoms with van der Waals surface area (Å²) in [5.41, 5.74) is 0.973. The highest BCUT2D eigenvalue weighted by Crippen LogP contribution is 2.40. The molecule has 3 aliphatic rings. The zero-order valence-corrected chi connectivity index (χ0v) is 20.2. The molecule has 11 heteroatoms. The molecule has 3 aromatic rings. The van der Waals surface area contributed by atoms with E-state index in [4.69, 9.17) is 26.2 Å². The van der Waals surface area contributed by atoms with E-state index in [1.807, 2.05) is 13.0 Å². The Morgan fingerprint density at radius 1 is 1.11 bits per heavy atom. The second-order valence-electron chi connectivity index (χ2n) is 9.58. The molecule has 2 aliphatic heterocycles. The van der Waals surface area contributed by atoms with Gasteiger partial charge in [0, 0.05) is 48.6 Å². The molecule has 0 radical (unpaired) electrons. The molecule has 184 valence electrons. The zero-order chi connectivity index (χ0) is 23.9. The summed E-state index contributed by atoms with van der Waals surface area (Å²) in [6.07, 6.45) is 4.73. The molecule has 35 heavy (non-hydrogen) atoms. The summed E-state index contributed by atoms with van der Waals surface area (Å²) in [6.45, 7) is 5.03. The van der Waals surface area contributed by atoms with E-state index in [-0.39, 0.29) is 22.9 Å². The Balaban J connectivity index is 1.22. The number of halogens is 2. The summed E-state index contributed by atoms with van der Waals surface area (Å²) in [4.78, 5) is 15.7. The second-order valence-corrected chi connectivity index (χ2v) is 10.0. The van der Waals surface area contributed by atoms with Crippen molar-refractivity contribution in [3.63, 3.8) is 0 Å². The van der Waals surface area contributed by atoms with Crippen molar-refractivity contribution in [2.45, 2.75) is 38.3 Å². The Morgan fingerprint density at radius 2 is 1.94 bits per heavy atom. The van der Waals surface area contributed by atoms with Crippen LogP contribution in [0.15, 0.2) is 30.6 Å². The van der Waals surface area contributed by atoms with Gasteiger partial charge in [-0.05, 0) is 50.2 Å². The molecule has 3 fully saturated rings. The molecule has 1 N–H and O–H groups in total. The van der Waals surface area contributed by atoms with E-state index >= 15 is 0 Å². The average Bonchev–Trinajstić information content (AvgIpc) is 3.52. The lowest BCUT2D eigenvalue weighted by molar-refractivity contribution is 0.182. The summed E-state index contributed by atoms with van der Waals surface area (Å²) in [7, 11) is 0. The topological polar surface area (TPSA) is 90.2 Å². The standard InChI is InChI=1S/C24H27ClFN7O2/c1-14-6-21(28-13-27-14)32-10-15-2-3-16(11-32)22(15)29-23-30-24(33(31-23)19-4-5-34-12-19)35-20-8-17(25)7-18(26)9-20/h6-9,13,15-16,19,22H,2-5,10-12H2,1H3,(H,29,31)/t15-,16+,19?,22?. The third-order valence-corrected chi connectivity index (χ3v) is 7.36. The summed E-state index contributed by atoms with van der Waals surface area (Å²) in [5, 5.41) is 8.60. The molecule has 1 saturated carbocycles. The van der Waals surface area contributed by atoms with E-state index in [1.165, 1.54) is 12.1 Å². The largest absolute Gasteiger partial charge is 0.424 e. The first-order valence-electron chi connectivity index (χ1n) is 12.0. The number of nitrogens with one attached hydrogen (secondary N) is 1. The summed E-state index contributed by atoms with van der Waals surface area (Å²) >= 11 is 6.01. The van der Waals surface area contributed by atoms with Gasteiger partial charge in [0.15, 0.2) is 0 Å². The minimum Gasteiger partial charge on any atom is -0.424 e. The van der Waals surface area contributed by atoms with E-state index in [2.05, 4.69) is 25.2 Å². The maximum Gasteiger partial charge on any atom is 0.322 e. The van der Waals surface area contributed by atoms with Gasteiger partial charge in [-0.15, -0.1) is 5.10 Å². The molecule has 1 aliphatic carbocycles. The normalized spacial score (nSPS) is 25.7. The van der Waals surface area contributed by atoms with Gasteiger partial charge in [0.2, 0.25) is 5.95 Å². The zero-order valence-electron chi connectivity index (χ0n) is 19.4. The number of benzene rings is 1. The van der Waals surface area contributed by atoms with Gasteiger partial charge in [-0.2, -0.15) is 4.98 Å². The Hall–Kier alpha value is -2.98. The molecule has 4 atom stereocenters. The number of hydrogen-bond acceptors (Lipinski definition) is 8. The van der Waals surface area contributed by atoms with Gasteiger partial charge in [0.1, 0.15) is 23.7 Å². The van der Waals surface area contributed by atoms with Crippen molar-refractivity contribution in [2.75, 3.05) is 36.5 Å². The third-order valence-electron chi connectivity index (χ3n) is 7.14. The average molecular weight is 500 g/mol. The molecule has 9 nitrogen and oxygen atoms in total. The van der Waals surface area contributed by atoms with Crippen LogP contribution in [0.4, 0.5) is 16.2 Å². The molecule has 4 heterocycles. The van der Waals surface area contributed by atoms with Crippen molar-refractivity contribution >= 4 is 23.4 Å². The quantitative estimate of drug-likeness (QED) is 0.538. The van der Waals surface area contributed by atoms with Crippen molar-refractivity contribution in [1.82, 2.24) is 24.7 Å². The van der Waals surface area contributed by atoms with Crippen LogP contribution in [0, 0.1) is 24.6 Å². The number of fused-ring (bicyclic) bond motifs is 2. The SMILES string of the molecule is Cc1cc(N2C[C@H]3CC[C@@H](C2)C3Nc2nc(Oc3cc(F)cc(Cl)c3)n(C3CCOC3)n2)ncn1. The number of hydrogen-bond donors (Lipinski definition) is 1. The maximum absolute atomic E-state index is 13.9. The molecule has 0 spiro atoms. The Kier molecular flexibility index (Phi) is 5.93. The van der Waals surface area contributed by atoms with E-state index in [9.17, 15) is 4.39 Å². The molecule has 0 amide bonds. The Labute approximate surface area is 207 Å². The first-order valence-corrected chi connectivity index (χ1v) is 12.4. The van der Waals surface area contributed by atoms with Crippen LogP contribution in [-0.4, -0.2) is 57.1 Å². The van der Waals surface area contributed by atoms with Gasteiger partial charge in [0.25, 0.3) is 0 Å². The molecule has 2 bridgehead atoms. The highest BCUT2D eigenvalue weighted by Gasteiger charge is 2.43. The number of anilines is 2. The van der Waals surface area contributed by atoms with Crippen LogP contribution < -0.4 is 15.0 Å². The van der Waals surface area contributed by atoms with Crippen LogP contribution >= 0.6 is 11.6 Å². The van der Waals surface area contributed by atoms with Gasteiger partial charge in [-0.3, -0.25) is 0 Å². The Bertz CT molecular complexity index is 1180. The molecule has 6 rings (SSSR count). The van der Waals surface area contributed by atoms with Crippen molar-refractivity contribution in [3.05, 3.63) is 47.1 Å². The number of aromatic nitrogens is 5. The molecule has 2 saturated heterocycles. The highest BCUT2D eigenvalue weighted by atomic mass is 35.5. The van der Waals surface area contributed by atoms with Crippen LogP contribution in [0.5, 0.6) is 11.8 Å². The van der Waals surface area contributed by atoms with E-state index in [0.717, 1.165) is 43.9 Å². The monoisotopic (exact) mass is 499 g/mol. The fraction of sp³-hybridized carbons (Fsp3) is 0.500. The number of aryl methyl sites for hydroxylation is 1. The predicted octanol–water partition coefficient (Wildman–Crippen LogP) is 4.25.